The molecule has 1 aromatic carbocycles. The standard InChI is InChI=1S/C13H11NO4.ClH/c1-7-8(2)12(16)14(11(7)15)10-5-3-9(4-6-10)13(17)18;/h3-6H,1-2H3,(H,17,18);1H. The minimum atomic E-state index is -1.05. The number of benzene rings is 1. The molecule has 0 radical (unpaired) electrons. The van der Waals surface area contributed by atoms with Crippen molar-refractivity contribution in [2.45, 2.75) is 13.8 Å². The van der Waals surface area contributed by atoms with Crippen molar-refractivity contribution >= 4 is 35.9 Å². The van der Waals surface area contributed by atoms with Crippen molar-refractivity contribution in [1.82, 2.24) is 0 Å². The summed E-state index contributed by atoms with van der Waals surface area (Å²) in [5.74, 6) is -1.77. The van der Waals surface area contributed by atoms with Crippen LogP contribution in [0.3, 0.4) is 0 Å². The number of hydrogen-bond acceptors (Lipinski definition) is 3. The van der Waals surface area contributed by atoms with Crippen molar-refractivity contribution in [3.8, 4) is 0 Å². The van der Waals surface area contributed by atoms with Crippen molar-refractivity contribution in [2.24, 2.45) is 0 Å². The van der Waals surface area contributed by atoms with E-state index in [9.17, 15) is 14.4 Å². The molecular formula is C13H12ClNO4. The zero-order valence-corrected chi connectivity index (χ0v) is 11.2. The number of carboxylic acids is 1. The second-order valence-electron chi connectivity index (χ2n) is 4.05. The highest BCUT2D eigenvalue weighted by Crippen LogP contribution is 2.26. The van der Waals surface area contributed by atoms with Crippen molar-refractivity contribution in [2.75, 3.05) is 4.90 Å². The Morgan fingerprint density at radius 2 is 1.42 bits per heavy atom. The summed E-state index contributed by atoms with van der Waals surface area (Å²) in [6, 6.07) is 5.62. The first-order chi connectivity index (χ1) is 8.43. The number of aromatic carboxylic acids is 1. The van der Waals surface area contributed by atoms with Crippen LogP contribution in [0.4, 0.5) is 5.69 Å². The Hall–Kier alpha value is -2.14. The molecule has 0 atom stereocenters. The zero-order valence-electron chi connectivity index (χ0n) is 10.3. The van der Waals surface area contributed by atoms with Gasteiger partial charge in [-0.25, -0.2) is 9.69 Å². The third-order valence-corrected chi connectivity index (χ3v) is 2.98. The maximum Gasteiger partial charge on any atom is 0.335 e. The number of imide groups is 1. The molecule has 0 aromatic heterocycles. The first kappa shape index (κ1) is 14.9. The predicted molar refractivity (Wildman–Crippen MR) is 71.5 cm³/mol. The SMILES string of the molecule is CC1=C(C)C(=O)N(c2ccc(C(=O)O)cc2)C1=O.Cl. The van der Waals surface area contributed by atoms with E-state index in [1.54, 1.807) is 13.8 Å². The number of halogens is 1. The van der Waals surface area contributed by atoms with Crippen LogP contribution in [0.5, 0.6) is 0 Å². The molecule has 1 heterocycles. The minimum Gasteiger partial charge on any atom is -0.478 e. The number of anilines is 1. The van der Waals surface area contributed by atoms with Crippen LogP contribution in [-0.2, 0) is 9.59 Å². The molecule has 0 saturated carbocycles. The number of carbonyl (C=O) groups is 3. The van der Waals surface area contributed by atoms with Crippen LogP contribution in [0.25, 0.3) is 0 Å². The highest BCUT2D eigenvalue weighted by atomic mass is 35.5. The summed E-state index contributed by atoms with van der Waals surface area (Å²) >= 11 is 0. The van der Waals surface area contributed by atoms with E-state index >= 15 is 0 Å². The molecule has 0 unspecified atom stereocenters. The largest absolute Gasteiger partial charge is 0.478 e. The predicted octanol–water partition coefficient (Wildman–Crippen LogP) is 2.02. The molecule has 0 saturated heterocycles. The first-order valence-corrected chi connectivity index (χ1v) is 5.33. The Kier molecular flexibility index (Phi) is 4.11. The number of hydrogen-bond donors (Lipinski definition) is 1. The van der Waals surface area contributed by atoms with Crippen LogP contribution in [0, 0.1) is 0 Å². The fourth-order valence-corrected chi connectivity index (χ4v) is 1.74. The van der Waals surface area contributed by atoms with Crippen LogP contribution >= 0.6 is 12.4 Å². The van der Waals surface area contributed by atoms with Gasteiger partial charge in [0, 0.05) is 11.1 Å². The molecule has 1 aliphatic heterocycles. The Morgan fingerprint density at radius 1 is 1.00 bits per heavy atom. The summed E-state index contributed by atoms with van der Waals surface area (Å²) in [6.45, 7) is 3.20. The molecule has 0 fully saturated rings. The van der Waals surface area contributed by atoms with Crippen LogP contribution in [-0.4, -0.2) is 22.9 Å². The summed E-state index contributed by atoms with van der Waals surface area (Å²) in [7, 11) is 0. The van der Waals surface area contributed by atoms with Gasteiger partial charge in [0.1, 0.15) is 0 Å². The second-order valence-corrected chi connectivity index (χ2v) is 4.05. The van der Waals surface area contributed by atoms with Crippen molar-refractivity contribution in [3.05, 3.63) is 41.0 Å². The third kappa shape index (κ3) is 2.37. The van der Waals surface area contributed by atoms with Crippen LogP contribution in [0.15, 0.2) is 35.4 Å². The van der Waals surface area contributed by atoms with Gasteiger partial charge in [-0.3, -0.25) is 9.59 Å². The second kappa shape index (κ2) is 5.24. The number of rotatable bonds is 2. The lowest BCUT2D eigenvalue weighted by Gasteiger charge is -2.14. The molecule has 1 aliphatic rings. The average molecular weight is 282 g/mol. The highest BCUT2D eigenvalue weighted by molar-refractivity contribution is 6.32. The van der Waals surface area contributed by atoms with Gasteiger partial charge in [0.05, 0.1) is 11.3 Å². The molecular weight excluding hydrogens is 270 g/mol. The topological polar surface area (TPSA) is 74.7 Å². The van der Waals surface area contributed by atoms with E-state index in [1.807, 2.05) is 0 Å². The van der Waals surface area contributed by atoms with Crippen LogP contribution in [0.2, 0.25) is 0 Å². The number of amides is 2. The van der Waals surface area contributed by atoms with E-state index < -0.39 is 5.97 Å². The lowest BCUT2D eigenvalue weighted by molar-refractivity contribution is -0.120. The molecule has 0 spiro atoms. The Bertz CT molecular complexity index is 565. The van der Waals surface area contributed by atoms with Gasteiger partial charge in [-0.15, -0.1) is 12.4 Å². The van der Waals surface area contributed by atoms with Crippen LogP contribution < -0.4 is 4.90 Å². The molecule has 2 amide bonds. The van der Waals surface area contributed by atoms with E-state index in [0.717, 1.165) is 4.90 Å². The van der Waals surface area contributed by atoms with Gasteiger partial charge in [-0.05, 0) is 38.1 Å². The third-order valence-electron chi connectivity index (χ3n) is 2.98. The quantitative estimate of drug-likeness (QED) is 0.842. The molecule has 2 rings (SSSR count). The smallest absolute Gasteiger partial charge is 0.335 e. The number of carbonyl (C=O) groups excluding carboxylic acids is 2. The highest BCUT2D eigenvalue weighted by Gasteiger charge is 2.34. The van der Waals surface area contributed by atoms with Gasteiger partial charge in [-0.2, -0.15) is 0 Å². The minimum absolute atomic E-state index is 0. The molecule has 0 aliphatic carbocycles. The molecule has 19 heavy (non-hydrogen) atoms. The fraction of sp³-hybridized carbons (Fsp3) is 0.154. The van der Waals surface area contributed by atoms with Crippen LogP contribution in [0.1, 0.15) is 24.2 Å². The van der Waals surface area contributed by atoms with Gasteiger partial charge >= 0.3 is 5.97 Å². The summed E-state index contributed by atoms with van der Waals surface area (Å²) in [6.07, 6.45) is 0. The van der Waals surface area contributed by atoms with Crippen molar-refractivity contribution in [1.29, 1.82) is 0 Å². The van der Waals surface area contributed by atoms with Gasteiger partial charge in [0.2, 0.25) is 0 Å². The van der Waals surface area contributed by atoms with E-state index in [0.29, 0.717) is 16.8 Å². The van der Waals surface area contributed by atoms with Crippen molar-refractivity contribution in [3.63, 3.8) is 0 Å². The zero-order chi connectivity index (χ0) is 13.4. The molecule has 1 N–H and O–H groups in total. The summed E-state index contributed by atoms with van der Waals surface area (Å²) in [4.78, 5) is 35.5. The average Bonchev–Trinajstić information content (AvgIpc) is 2.54. The summed E-state index contributed by atoms with van der Waals surface area (Å²) in [5.41, 5.74) is 1.33. The fourth-order valence-electron chi connectivity index (χ4n) is 1.74. The normalized spacial score (nSPS) is 14.7. The van der Waals surface area contributed by atoms with E-state index in [1.165, 1.54) is 24.3 Å². The molecule has 5 nitrogen and oxygen atoms in total. The van der Waals surface area contributed by atoms with Gasteiger partial charge < -0.3 is 5.11 Å². The lowest BCUT2D eigenvalue weighted by Crippen LogP contribution is -2.31. The monoisotopic (exact) mass is 281 g/mol. The van der Waals surface area contributed by atoms with Gasteiger partial charge in [-0.1, -0.05) is 0 Å². The summed E-state index contributed by atoms with van der Waals surface area (Å²) < 4.78 is 0. The van der Waals surface area contributed by atoms with Gasteiger partial charge in [0.15, 0.2) is 0 Å². The van der Waals surface area contributed by atoms with Crippen molar-refractivity contribution < 1.29 is 19.5 Å². The van der Waals surface area contributed by atoms with Gasteiger partial charge in [0.25, 0.3) is 11.8 Å². The Balaban J connectivity index is 0.00000180. The maximum atomic E-state index is 11.9. The molecule has 100 valence electrons. The number of carboxylic acid groups (broad SMARTS) is 1. The Labute approximate surface area is 115 Å². The maximum absolute atomic E-state index is 11.9. The molecule has 1 aromatic rings. The lowest BCUT2D eigenvalue weighted by atomic mass is 10.2. The molecule has 6 heteroatoms. The number of nitrogens with zero attached hydrogens (tertiary/aromatic N) is 1. The Morgan fingerprint density at radius 3 is 1.79 bits per heavy atom. The van der Waals surface area contributed by atoms with E-state index in [2.05, 4.69) is 0 Å². The van der Waals surface area contributed by atoms with E-state index in [4.69, 9.17) is 5.11 Å². The first-order valence-electron chi connectivity index (χ1n) is 5.33. The molecule has 0 bridgehead atoms. The summed E-state index contributed by atoms with van der Waals surface area (Å²) in [5, 5.41) is 8.77. The van der Waals surface area contributed by atoms with E-state index in [-0.39, 0.29) is 29.8 Å².